The van der Waals surface area contributed by atoms with Crippen LogP contribution in [0.1, 0.15) is 13.3 Å². The number of benzene rings is 1. The van der Waals surface area contributed by atoms with Gasteiger partial charge in [-0.3, -0.25) is 0 Å². The third-order valence-electron chi connectivity index (χ3n) is 2.55. The maximum absolute atomic E-state index is 6.11. The molecule has 2 aromatic rings. The van der Waals surface area contributed by atoms with Crippen molar-refractivity contribution in [3.63, 3.8) is 0 Å². The molecule has 0 atom stereocenters. The van der Waals surface area contributed by atoms with Crippen molar-refractivity contribution in [2.24, 2.45) is 0 Å². The van der Waals surface area contributed by atoms with E-state index in [4.69, 9.17) is 45.3 Å². The summed E-state index contributed by atoms with van der Waals surface area (Å²) in [4.78, 5) is 8.07. The Morgan fingerprint density at radius 3 is 2.57 bits per heavy atom. The minimum absolute atomic E-state index is 0.299. The van der Waals surface area contributed by atoms with Gasteiger partial charge in [0, 0.05) is 0 Å². The fourth-order valence-electron chi connectivity index (χ4n) is 1.54. The third kappa shape index (κ3) is 3.81. The first kappa shape index (κ1) is 15.9. The van der Waals surface area contributed by atoms with E-state index in [-0.39, 0.29) is 0 Å². The van der Waals surface area contributed by atoms with Gasteiger partial charge in [0.15, 0.2) is 5.82 Å². The van der Waals surface area contributed by atoms with Crippen LogP contribution in [0.4, 0.5) is 17.2 Å². The number of nitrogens with two attached hydrogens (primary N) is 1. The van der Waals surface area contributed by atoms with Crippen molar-refractivity contribution in [3.8, 4) is 5.88 Å². The minimum atomic E-state index is 0.299. The molecule has 0 amide bonds. The first-order valence-corrected chi connectivity index (χ1v) is 7.31. The number of rotatable bonds is 5. The lowest BCUT2D eigenvalue weighted by Crippen LogP contribution is -2.06. The van der Waals surface area contributed by atoms with Crippen LogP contribution in [0.2, 0.25) is 15.1 Å². The van der Waals surface area contributed by atoms with E-state index in [1.165, 1.54) is 6.33 Å². The molecule has 0 spiro atoms. The van der Waals surface area contributed by atoms with Crippen molar-refractivity contribution in [1.82, 2.24) is 9.97 Å². The highest BCUT2D eigenvalue weighted by Crippen LogP contribution is 2.35. The Hall–Kier alpha value is -1.43. The maximum Gasteiger partial charge on any atom is 0.242 e. The third-order valence-corrected chi connectivity index (χ3v) is 3.59. The average Bonchev–Trinajstić information content (AvgIpc) is 2.45. The Morgan fingerprint density at radius 2 is 1.86 bits per heavy atom. The fourth-order valence-corrected chi connectivity index (χ4v) is 2.13. The molecule has 0 aliphatic heterocycles. The zero-order valence-electron chi connectivity index (χ0n) is 11.2. The molecule has 21 heavy (non-hydrogen) atoms. The summed E-state index contributed by atoms with van der Waals surface area (Å²) in [5.41, 5.74) is 6.81. The van der Waals surface area contributed by atoms with Gasteiger partial charge in [-0.1, -0.05) is 41.7 Å². The Labute approximate surface area is 137 Å². The van der Waals surface area contributed by atoms with Gasteiger partial charge in [0.25, 0.3) is 0 Å². The van der Waals surface area contributed by atoms with Gasteiger partial charge >= 0.3 is 0 Å². The molecule has 1 heterocycles. The molecular formula is C13H13Cl3N4O. The van der Waals surface area contributed by atoms with Crippen LogP contribution in [0.3, 0.4) is 0 Å². The predicted molar refractivity (Wildman–Crippen MR) is 87.0 cm³/mol. The molecule has 112 valence electrons. The minimum Gasteiger partial charge on any atom is -0.476 e. The first-order chi connectivity index (χ1) is 10.0. The highest BCUT2D eigenvalue weighted by molar-refractivity contribution is 6.44. The average molecular weight is 348 g/mol. The zero-order chi connectivity index (χ0) is 15.4. The van der Waals surface area contributed by atoms with Crippen molar-refractivity contribution in [2.45, 2.75) is 13.3 Å². The molecule has 5 nitrogen and oxygen atoms in total. The van der Waals surface area contributed by atoms with Crippen molar-refractivity contribution in [1.29, 1.82) is 0 Å². The molecular weight excluding hydrogens is 335 g/mol. The van der Waals surface area contributed by atoms with Crippen LogP contribution in [0.25, 0.3) is 0 Å². The monoisotopic (exact) mass is 346 g/mol. The van der Waals surface area contributed by atoms with Gasteiger partial charge in [-0.15, -0.1) is 0 Å². The Morgan fingerprint density at radius 1 is 1.14 bits per heavy atom. The van der Waals surface area contributed by atoms with Crippen LogP contribution in [0.5, 0.6) is 5.88 Å². The van der Waals surface area contributed by atoms with Crippen LogP contribution in [0, 0.1) is 0 Å². The number of ether oxygens (including phenoxy) is 1. The van der Waals surface area contributed by atoms with Crippen molar-refractivity contribution in [3.05, 3.63) is 33.5 Å². The second-order valence-electron chi connectivity index (χ2n) is 4.16. The van der Waals surface area contributed by atoms with Gasteiger partial charge in [-0.25, -0.2) is 4.98 Å². The van der Waals surface area contributed by atoms with Gasteiger partial charge in [0.05, 0.1) is 27.4 Å². The van der Waals surface area contributed by atoms with E-state index in [9.17, 15) is 0 Å². The van der Waals surface area contributed by atoms with Gasteiger partial charge < -0.3 is 15.8 Å². The summed E-state index contributed by atoms with van der Waals surface area (Å²) in [6.07, 6.45) is 2.21. The lowest BCUT2D eigenvalue weighted by atomic mass is 10.3. The fraction of sp³-hybridized carbons (Fsp3) is 0.231. The molecule has 1 aromatic carbocycles. The van der Waals surface area contributed by atoms with E-state index in [0.717, 1.165) is 6.42 Å². The van der Waals surface area contributed by atoms with E-state index in [1.54, 1.807) is 12.1 Å². The summed E-state index contributed by atoms with van der Waals surface area (Å²) in [6, 6.07) is 3.14. The topological polar surface area (TPSA) is 73.1 Å². The lowest BCUT2D eigenvalue weighted by Gasteiger charge is -2.13. The van der Waals surface area contributed by atoms with E-state index >= 15 is 0 Å². The SMILES string of the molecule is CCCOc1ncnc(Nc2cc(Cl)c(Cl)cc2Cl)c1N. The second kappa shape index (κ2) is 7.02. The smallest absolute Gasteiger partial charge is 0.242 e. The molecule has 0 radical (unpaired) electrons. The molecule has 3 N–H and O–H groups in total. The number of nitrogens with zero attached hydrogens (tertiary/aromatic N) is 2. The van der Waals surface area contributed by atoms with Crippen LogP contribution in [0.15, 0.2) is 18.5 Å². The molecule has 2 rings (SSSR count). The van der Waals surface area contributed by atoms with Gasteiger partial charge in [-0.2, -0.15) is 4.98 Å². The standard InChI is InChI=1S/C13H13Cl3N4O/c1-2-3-21-13-11(17)12(18-6-19-13)20-10-5-8(15)7(14)4-9(10)16/h4-6H,2-3,17H2,1H3,(H,18,19,20). The van der Waals surface area contributed by atoms with Crippen molar-refractivity contribution >= 4 is 52.0 Å². The van der Waals surface area contributed by atoms with E-state index in [2.05, 4.69) is 15.3 Å². The number of anilines is 3. The molecule has 0 bridgehead atoms. The molecule has 8 heteroatoms. The number of nitrogens with one attached hydrogen (secondary N) is 1. The summed E-state index contributed by atoms with van der Waals surface area (Å²) >= 11 is 18.0. The number of halogens is 3. The number of hydrogen-bond acceptors (Lipinski definition) is 5. The second-order valence-corrected chi connectivity index (χ2v) is 5.38. The van der Waals surface area contributed by atoms with E-state index < -0.39 is 0 Å². The Balaban J connectivity index is 2.29. The van der Waals surface area contributed by atoms with E-state index in [0.29, 0.717) is 44.7 Å². The molecule has 0 aliphatic carbocycles. The van der Waals surface area contributed by atoms with E-state index in [1.807, 2.05) is 6.92 Å². The molecule has 0 aliphatic rings. The Kier molecular flexibility index (Phi) is 5.33. The largest absolute Gasteiger partial charge is 0.476 e. The summed E-state index contributed by atoms with van der Waals surface area (Å²) in [5, 5.41) is 4.14. The quantitative estimate of drug-likeness (QED) is 0.776. The number of nitrogen functional groups attached to an aromatic ring is 1. The highest BCUT2D eigenvalue weighted by Gasteiger charge is 2.12. The molecule has 0 saturated heterocycles. The van der Waals surface area contributed by atoms with Gasteiger partial charge in [0.1, 0.15) is 12.0 Å². The normalized spacial score (nSPS) is 10.5. The van der Waals surface area contributed by atoms with Gasteiger partial charge in [0.2, 0.25) is 5.88 Å². The summed E-state index contributed by atoms with van der Waals surface area (Å²) in [7, 11) is 0. The summed E-state index contributed by atoms with van der Waals surface area (Å²) in [6.45, 7) is 2.51. The van der Waals surface area contributed by atoms with Crippen LogP contribution < -0.4 is 15.8 Å². The lowest BCUT2D eigenvalue weighted by molar-refractivity contribution is 0.307. The van der Waals surface area contributed by atoms with Crippen LogP contribution in [-0.2, 0) is 0 Å². The van der Waals surface area contributed by atoms with Crippen molar-refractivity contribution < 1.29 is 4.74 Å². The Bertz CT molecular complexity index is 652. The molecule has 0 saturated carbocycles. The van der Waals surface area contributed by atoms with Gasteiger partial charge in [-0.05, 0) is 18.6 Å². The van der Waals surface area contributed by atoms with Crippen LogP contribution in [-0.4, -0.2) is 16.6 Å². The molecule has 1 aromatic heterocycles. The first-order valence-electron chi connectivity index (χ1n) is 6.17. The predicted octanol–water partition coefficient (Wildman–Crippen LogP) is 4.55. The van der Waals surface area contributed by atoms with Crippen LogP contribution >= 0.6 is 34.8 Å². The maximum atomic E-state index is 6.11. The summed E-state index contributed by atoms with van der Waals surface area (Å²) < 4.78 is 5.44. The number of aromatic nitrogens is 2. The zero-order valence-corrected chi connectivity index (χ0v) is 13.4. The molecule has 0 unspecified atom stereocenters. The van der Waals surface area contributed by atoms with Crippen molar-refractivity contribution in [2.75, 3.05) is 17.7 Å². The molecule has 0 fully saturated rings. The summed E-state index contributed by atoms with van der Waals surface area (Å²) in [5.74, 6) is 0.710. The highest BCUT2D eigenvalue weighted by atomic mass is 35.5. The number of hydrogen-bond donors (Lipinski definition) is 2.